The van der Waals surface area contributed by atoms with Crippen LogP contribution in [0.1, 0.15) is 0 Å². The zero-order valence-electron chi connectivity index (χ0n) is 8.87. The number of hydrogen-bond donors (Lipinski definition) is 0. The second kappa shape index (κ2) is 5.41. The van der Waals surface area contributed by atoms with Crippen molar-refractivity contribution in [3.05, 3.63) is 29.8 Å². The van der Waals surface area contributed by atoms with Gasteiger partial charge in [0.25, 0.3) is 5.91 Å². The van der Waals surface area contributed by atoms with Gasteiger partial charge in [0.05, 0.1) is 7.11 Å². The maximum absolute atomic E-state index is 12.7. The van der Waals surface area contributed by atoms with Crippen molar-refractivity contribution in [2.75, 3.05) is 20.8 Å². The van der Waals surface area contributed by atoms with Crippen LogP contribution in [0, 0.1) is 11.6 Å². The first-order valence-corrected chi connectivity index (χ1v) is 4.42. The van der Waals surface area contributed by atoms with E-state index in [2.05, 4.69) is 4.84 Å². The summed E-state index contributed by atoms with van der Waals surface area (Å²) in [5.74, 6) is -2.03. The Morgan fingerprint density at radius 1 is 1.31 bits per heavy atom. The zero-order chi connectivity index (χ0) is 12.1. The largest absolute Gasteiger partial charge is 0.483 e. The Bertz CT molecular complexity index is 364. The van der Waals surface area contributed by atoms with E-state index in [0.29, 0.717) is 0 Å². The van der Waals surface area contributed by atoms with Crippen molar-refractivity contribution in [3.63, 3.8) is 0 Å². The van der Waals surface area contributed by atoms with Gasteiger partial charge in [0, 0.05) is 25.2 Å². The molecule has 6 heteroatoms. The molecule has 16 heavy (non-hydrogen) atoms. The van der Waals surface area contributed by atoms with Crippen molar-refractivity contribution < 1.29 is 23.1 Å². The molecule has 0 heterocycles. The van der Waals surface area contributed by atoms with E-state index in [1.54, 1.807) is 0 Å². The van der Waals surface area contributed by atoms with E-state index in [9.17, 15) is 13.6 Å². The van der Waals surface area contributed by atoms with Crippen LogP contribution >= 0.6 is 0 Å². The third-order valence-corrected chi connectivity index (χ3v) is 1.82. The SMILES string of the molecule is CON(C)C(=O)COc1cc(F)cc(F)c1. The molecule has 0 fully saturated rings. The summed E-state index contributed by atoms with van der Waals surface area (Å²) in [7, 11) is 2.72. The third-order valence-electron chi connectivity index (χ3n) is 1.82. The van der Waals surface area contributed by atoms with Crippen molar-refractivity contribution in [2.24, 2.45) is 0 Å². The first-order chi connectivity index (χ1) is 7.52. The molecule has 0 aliphatic rings. The first-order valence-electron chi connectivity index (χ1n) is 4.42. The van der Waals surface area contributed by atoms with Gasteiger partial charge in [-0.3, -0.25) is 9.63 Å². The summed E-state index contributed by atoms with van der Waals surface area (Å²) in [6.07, 6.45) is 0. The summed E-state index contributed by atoms with van der Waals surface area (Å²) in [4.78, 5) is 15.8. The molecule has 0 saturated heterocycles. The normalized spacial score (nSPS) is 10.0. The predicted octanol–water partition coefficient (Wildman–Crippen LogP) is 1.36. The molecule has 0 aromatic heterocycles. The van der Waals surface area contributed by atoms with Gasteiger partial charge in [0.1, 0.15) is 17.4 Å². The average molecular weight is 231 g/mol. The Kier molecular flexibility index (Phi) is 4.19. The van der Waals surface area contributed by atoms with Gasteiger partial charge in [0.15, 0.2) is 6.61 Å². The molecule has 0 saturated carbocycles. The molecule has 88 valence electrons. The Balaban J connectivity index is 2.58. The van der Waals surface area contributed by atoms with Gasteiger partial charge >= 0.3 is 0 Å². The Morgan fingerprint density at radius 3 is 2.38 bits per heavy atom. The Labute approximate surface area is 91.3 Å². The van der Waals surface area contributed by atoms with Crippen LogP contribution in [0.15, 0.2) is 18.2 Å². The van der Waals surface area contributed by atoms with E-state index in [4.69, 9.17) is 4.74 Å². The quantitative estimate of drug-likeness (QED) is 0.734. The molecule has 4 nitrogen and oxygen atoms in total. The number of nitrogens with zero attached hydrogens (tertiary/aromatic N) is 1. The monoisotopic (exact) mass is 231 g/mol. The van der Waals surface area contributed by atoms with E-state index in [0.717, 1.165) is 23.3 Å². The molecule has 0 aliphatic heterocycles. The van der Waals surface area contributed by atoms with Crippen molar-refractivity contribution in [1.29, 1.82) is 0 Å². The van der Waals surface area contributed by atoms with Crippen molar-refractivity contribution in [2.45, 2.75) is 0 Å². The van der Waals surface area contributed by atoms with Crippen LogP contribution in [0.25, 0.3) is 0 Å². The topological polar surface area (TPSA) is 38.8 Å². The predicted molar refractivity (Wildman–Crippen MR) is 51.6 cm³/mol. The number of hydroxylamine groups is 2. The van der Waals surface area contributed by atoms with Crippen LogP contribution in [0.4, 0.5) is 8.78 Å². The second-order valence-electron chi connectivity index (χ2n) is 2.97. The number of ether oxygens (including phenoxy) is 1. The highest BCUT2D eigenvalue weighted by Crippen LogP contribution is 2.15. The van der Waals surface area contributed by atoms with Crippen molar-refractivity contribution in [1.82, 2.24) is 5.06 Å². The summed E-state index contributed by atoms with van der Waals surface area (Å²) >= 11 is 0. The molecule has 1 rings (SSSR count). The molecule has 1 aromatic rings. The van der Waals surface area contributed by atoms with Gasteiger partial charge in [-0.25, -0.2) is 13.8 Å². The van der Waals surface area contributed by atoms with Gasteiger partial charge in [-0.1, -0.05) is 0 Å². The van der Waals surface area contributed by atoms with Gasteiger partial charge < -0.3 is 4.74 Å². The summed E-state index contributed by atoms with van der Waals surface area (Å²) in [6.45, 7) is -0.354. The molecule has 0 atom stereocenters. The van der Waals surface area contributed by atoms with Crippen molar-refractivity contribution in [3.8, 4) is 5.75 Å². The molecule has 0 bridgehead atoms. The van der Waals surface area contributed by atoms with Gasteiger partial charge in [-0.05, 0) is 0 Å². The van der Waals surface area contributed by atoms with Gasteiger partial charge in [-0.2, -0.15) is 0 Å². The fraction of sp³-hybridized carbons (Fsp3) is 0.300. The lowest BCUT2D eigenvalue weighted by molar-refractivity contribution is -0.170. The Morgan fingerprint density at radius 2 is 1.88 bits per heavy atom. The second-order valence-corrected chi connectivity index (χ2v) is 2.97. The summed E-state index contributed by atoms with van der Waals surface area (Å²) < 4.78 is 30.4. The summed E-state index contributed by atoms with van der Waals surface area (Å²) in [6, 6.07) is 2.70. The minimum Gasteiger partial charge on any atom is -0.483 e. The van der Waals surface area contributed by atoms with Gasteiger partial charge in [0.2, 0.25) is 0 Å². The zero-order valence-corrected chi connectivity index (χ0v) is 8.87. The molecule has 0 radical (unpaired) electrons. The van der Waals surface area contributed by atoms with Crippen LogP contribution in [0.5, 0.6) is 5.75 Å². The van der Waals surface area contributed by atoms with Crippen LogP contribution in [0.2, 0.25) is 0 Å². The fourth-order valence-electron chi connectivity index (χ4n) is 0.950. The number of hydrogen-bond acceptors (Lipinski definition) is 3. The molecule has 1 amide bonds. The van der Waals surface area contributed by atoms with Crippen LogP contribution in [0.3, 0.4) is 0 Å². The number of carbonyl (C=O) groups is 1. The molecule has 0 unspecified atom stereocenters. The van der Waals surface area contributed by atoms with E-state index in [-0.39, 0.29) is 12.4 Å². The summed E-state index contributed by atoms with van der Waals surface area (Å²) in [5, 5.41) is 0.954. The fourth-order valence-corrected chi connectivity index (χ4v) is 0.950. The lowest BCUT2D eigenvalue weighted by Crippen LogP contribution is -2.30. The Hall–Kier alpha value is -1.69. The molecule has 0 spiro atoms. The number of rotatable bonds is 4. The number of likely N-dealkylation sites (N-methyl/N-ethyl adjacent to an activating group) is 1. The van der Waals surface area contributed by atoms with Crippen LogP contribution in [-0.4, -0.2) is 31.7 Å². The van der Waals surface area contributed by atoms with Crippen LogP contribution in [-0.2, 0) is 9.63 Å². The molecular formula is C10H11F2NO3. The van der Waals surface area contributed by atoms with E-state index in [1.807, 2.05) is 0 Å². The molecule has 1 aromatic carbocycles. The minimum absolute atomic E-state index is 0.0460. The minimum atomic E-state index is -0.762. The molecule has 0 aliphatic carbocycles. The number of amides is 1. The molecule has 0 N–H and O–H groups in total. The van der Waals surface area contributed by atoms with Crippen LogP contribution < -0.4 is 4.74 Å². The smallest absolute Gasteiger partial charge is 0.283 e. The lowest BCUT2D eigenvalue weighted by Gasteiger charge is -2.13. The standard InChI is InChI=1S/C10H11F2NO3/c1-13(15-2)10(14)6-16-9-4-7(11)3-8(12)5-9/h3-5H,6H2,1-2H3. The van der Waals surface area contributed by atoms with E-state index >= 15 is 0 Å². The maximum Gasteiger partial charge on any atom is 0.283 e. The highest BCUT2D eigenvalue weighted by atomic mass is 19.1. The third kappa shape index (κ3) is 3.47. The average Bonchev–Trinajstić information content (AvgIpc) is 2.23. The van der Waals surface area contributed by atoms with Crippen molar-refractivity contribution >= 4 is 5.91 Å². The number of benzene rings is 1. The lowest BCUT2D eigenvalue weighted by atomic mass is 10.3. The van der Waals surface area contributed by atoms with Gasteiger partial charge in [-0.15, -0.1) is 0 Å². The number of halogens is 2. The highest BCUT2D eigenvalue weighted by molar-refractivity contribution is 5.76. The van der Waals surface area contributed by atoms with E-state index in [1.165, 1.54) is 14.2 Å². The summed E-state index contributed by atoms with van der Waals surface area (Å²) in [5.41, 5.74) is 0. The molecular weight excluding hydrogens is 220 g/mol. The highest BCUT2D eigenvalue weighted by Gasteiger charge is 2.09. The maximum atomic E-state index is 12.7. The number of carbonyl (C=O) groups excluding carboxylic acids is 1. The first kappa shape index (κ1) is 12.4. The van der Waals surface area contributed by atoms with E-state index < -0.39 is 17.5 Å².